The largest absolute Gasteiger partial charge is 0.472 e. The van der Waals surface area contributed by atoms with Crippen LogP contribution in [0.4, 0.5) is 0 Å². The maximum Gasteiger partial charge on any atom is 0.472 e. The number of unbranched alkanes of at least 4 members (excludes halogenated alkanes) is 59. The third-order valence-corrected chi connectivity index (χ3v) is 23.7. The molecule has 0 aliphatic heterocycles. The third kappa shape index (κ3) is 82.6. The van der Waals surface area contributed by atoms with Crippen LogP contribution in [0.3, 0.4) is 0 Å². The van der Waals surface area contributed by atoms with Crippen LogP contribution in [0, 0.1) is 11.8 Å². The smallest absolute Gasteiger partial charge is 0.462 e. The van der Waals surface area contributed by atoms with Crippen molar-refractivity contribution < 1.29 is 80.2 Å². The molecule has 0 saturated carbocycles. The summed E-state index contributed by atoms with van der Waals surface area (Å²) in [5, 5.41) is 10.7. The van der Waals surface area contributed by atoms with Crippen LogP contribution in [0.5, 0.6) is 0 Å². The van der Waals surface area contributed by atoms with Gasteiger partial charge in [0.05, 0.1) is 26.4 Å². The number of esters is 4. The van der Waals surface area contributed by atoms with Gasteiger partial charge in [0.1, 0.15) is 19.3 Å². The molecule has 0 heterocycles. The number of phosphoric ester groups is 2. The van der Waals surface area contributed by atoms with E-state index < -0.39 is 97.5 Å². The van der Waals surface area contributed by atoms with Gasteiger partial charge in [-0.2, -0.15) is 0 Å². The Bertz CT molecular complexity index is 2100. The minimum Gasteiger partial charge on any atom is -0.462 e. The van der Waals surface area contributed by atoms with Crippen molar-refractivity contribution in [2.75, 3.05) is 39.6 Å². The fourth-order valence-corrected chi connectivity index (χ4v) is 15.9. The average Bonchev–Trinajstić information content (AvgIpc) is 0.899. The normalized spacial score (nSPS) is 14.0. The molecule has 0 spiro atoms. The predicted octanol–water partition coefficient (Wildman–Crippen LogP) is 28.2. The lowest BCUT2D eigenvalue weighted by Crippen LogP contribution is -2.30. The molecule has 0 bridgehead atoms. The summed E-state index contributed by atoms with van der Waals surface area (Å²) in [5.41, 5.74) is 0. The van der Waals surface area contributed by atoms with E-state index >= 15 is 0 Å². The Morgan fingerprint density at radius 3 is 0.691 bits per heavy atom. The van der Waals surface area contributed by atoms with Crippen molar-refractivity contribution in [2.45, 2.75) is 509 Å². The Balaban J connectivity index is 5.25. The molecular formula is C91H178O17P2. The molecule has 0 amide bonds. The first kappa shape index (κ1) is 108. The number of hydrogen-bond donors (Lipinski definition) is 3. The first-order valence-corrected chi connectivity index (χ1v) is 50.0. The van der Waals surface area contributed by atoms with Gasteiger partial charge in [0.25, 0.3) is 0 Å². The monoisotopic (exact) mass is 1610 g/mol. The van der Waals surface area contributed by atoms with Crippen LogP contribution in [-0.2, 0) is 65.4 Å². The zero-order valence-corrected chi connectivity index (χ0v) is 74.4. The molecule has 0 radical (unpaired) electrons. The maximum absolute atomic E-state index is 13.2. The first-order chi connectivity index (χ1) is 53.4. The number of aliphatic hydroxyl groups excluding tert-OH is 1. The second-order valence-corrected chi connectivity index (χ2v) is 36.3. The molecule has 0 rings (SSSR count). The Morgan fingerprint density at radius 1 is 0.264 bits per heavy atom. The van der Waals surface area contributed by atoms with Crippen molar-refractivity contribution in [3.63, 3.8) is 0 Å². The van der Waals surface area contributed by atoms with Gasteiger partial charge >= 0.3 is 39.5 Å². The SMILES string of the molecule is CCCCCCCCCCCCCCCCCCCCCCCCC(=O)O[C@H](COC(=O)CCCCCCCCCCCCCCCCCCC(C)C)COP(=O)(O)OC[C@@H](O)COP(=O)(O)OC[C@@H](COC(=O)CCCCCCCCCCC(C)CC)OC(=O)CCCCCCCCCCCCCCCCCCC. The van der Waals surface area contributed by atoms with Gasteiger partial charge in [0.15, 0.2) is 12.2 Å². The van der Waals surface area contributed by atoms with Crippen molar-refractivity contribution in [2.24, 2.45) is 11.8 Å². The summed E-state index contributed by atoms with van der Waals surface area (Å²) in [7, 11) is -9.94. The fourth-order valence-electron chi connectivity index (χ4n) is 14.3. The molecule has 19 heteroatoms. The average molecular weight is 1610 g/mol. The van der Waals surface area contributed by atoms with Gasteiger partial charge in [-0.3, -0.25) is 37.3 Å². The van der Waals surface area contributed by atoms with Gasteiger partial charge < -0.3 is 33.8 Å². The molecule has 110 heavy (non-hydrogen) atoms. The molecule has 0 aliphatic carbocycles. The van der Waals surface area contributed by atoms with E-state index in [1.165, 1.54) is 308 Å². The quantitative estimate of drug-likeness (QED) is 0.0222. The zero-order valence-electron chi connectivity index (χ0n) is 72.6. The minimum absolute atomic E-state index is 0.108. The van der Waals surface area contributed by atoms with Crippen molar-refractivity contribution >= 4 is 39.5 Å². The van der Waals surface area contributed by atoms with Crippen LogP contribution in [-0.4, -0.2) is 96.7 Å². The highest BCUT2D eigenvalue weighted by molar-refractivity contribution is 7.47. The number of phosphoric acid groups is 2. The maximum atomic E-state index is 13.2. The van der Waals surface area contributed by atoms with Crippen LogP contribution in [0.25, 0.3) is 0 Å². The van der Waals surface area contributed by atoms with Gasteiger partial charge in [-0.05, 0) is 37.5 Å². The summed E-state index contributed by atoms with van der Waals surface area (Å²) < 4.78 is 69.1. The van der Waals surface area contributed by atoms with Crippen LogP contribution in [0.1, 0.15) is 491 Å². The van der Waals surface area contributed by atoms with Crippen LogP contribution >= 0.6 is 15.6 Å². The van der Waals surface area contributed by atoms with E-state index in [2.05, 4.69) is 41.5 Å². The first-order valence-electron chi connectivity index (χ1n) is 47.0. The molecule has 6 atom stereocenters. The summed E-state index contributed by atoms with van der Waals surface area (Å²) in [6.45, 7) is 9.74. The number of ether oxygens (including phenoxy) is 4. The van der Waals surface area contributed by atoms with Crippen LogP contribution < -0.4 is 0 Å². The van der Waals surface area contributed by atoms with Crippen molar-refractivity contribution in [1.29, 1.82) is 0 Å². The van der Waals surface area contributed by atoms with E-state index in [9.17, 15) is 43.2 Å². The second kappa shape index (κ2) is 82.2. The van der Waals surface area contributed by atoms with Crippen molar-refractivity contribution in [3.8, 4) is 0 Å². The minimum atomic E-state index is -4.97. The summed E-state index contributed by atoms with van der Waals surface area (Å²) in [5.74, 6) is -0.506. The van der Waals surface area contributed by atoms with Crippen molar-refractivity contribution in [3.05, 3.63) is 0 Å². The molecule has 3 N–H and O–H groups in total. The molecule has 0 aromatic carbocycles. The van der Waals surface area contributed by atoms with Crippen molar-refractivity contribution in [1.82, 2.24) is 0 Å². The molecule has 0 aromatic rings. The Hall–Kier alpha value is -1.94. The van der Waals surface area contributed by atoms with E-state index in [1.54, 1.807) is 0 Å². The van der Waals surface area contributed by atoms with E-state index in [4.69, 9.17) is 37.0 Å². The third-order valence-electron chi connectivity index (χ3n) is 21.8. The molecule has 0 fully saturated rings. The van der Waals surface area contributed by atoms with E-state index in [0.29, 0.717) is 25.7 Å². The Labute approximate surface area is 677 Å². The van der Waals surface area contributed by atoms with Gasteiger partial charge in [-0.15, -0.1) is 0 Å². The number of aliphatic hydroxyl groups is 1. The molecule has 654 valence electrons. The van der Waals surface area contributed by atoms with Gasteiger partial charge in [-0.1, -0.05) is 440 Å². The molecular weight excluding hydrogens is 1430 g/mol. The van der Waals surface area contributed by atoms with Gasteiger partial charge in [0.2, 0.25) is 0 Å². The lowest BCUT2D eigenvalue weighted by molar-refractivity contribution is -0.161. The van der Waals surface area contributed by atoms with E-state index in [-0.39, 0.29) is 25.7 Å². The Morgan fingerprint density at radius 2 is 0.464 bits per heavy atom. The van der Waals surface area contributed by atoms with Gasteiger partial charge in [0, 0.05) is 25.7 Å². The number of carbonyl (C=O) groups excluding carboxylic acids is 4. The number of carbonyl (C=O) groups is 4. The summed E-state index contributed by atoms with van der Waals surface area (Å²) in [6, 6.07) is 0. The van der Waals surface area contributed by atoms with Crippen LogP contribution in [0.15, 0.2) is 0 Å². The molecule has 17 nitrogen and oxygen atoms in total. The summed E-state index contributed by atoms with van der Waals surface area (Å²) in [6.07, 6.45) is 76.4. The number of rotatable bonds is 90. The van der Waals surface area contributed by atoms with Gasteiger partial charge in [-0.25, -0.2) is 9.13 Å². The Kier molecular flexibility index (Phi) is 80.7. The standard InChI is InChI=1S/C91H178O17P2/c1-7-10-12-14-16-18-20-22-24-26-27-28-29-30-32-38-42-46-50-58-64-70-75-90(95)107-86(79-101-88(93)73-67-61-55-48-44-40-36-34-33-35-39-43-47-53-59-65-71-83(4)5)81-105-109(97,98)103-77-85(92)78-104-110(99,100)106-82-87(80-102-89(94)74-68-62-56-52-51-54-60-66-72-84(6)9-3)108-91(96)76-69-63-57-49-45-41-37-31-25-23-21-19-17-15-13-11-8-2/h83-87,92H,7-82H2,1-6H3,(H,97,98)(H,99,100)/t84?,85-,86-,87-/m1/s1. The van der Waals surface area contributed by atoms with E-state index in [0.717, 1.165) is 102 Å². The highest BCUT2D eigenvalue weighted by Crippen LogP contribution is 2.45. The van der Waals surface area contributed by atoms with Crippen LogP contribution in [0.2, 0.25) is 0 Å². The molecule has 0 saturated heterocycles. The predicted molar refractivity (Wildman–Crippen MR) is 455 cm³/mol. The fraction of sp³-hybridized carbons (Fsp3) is 0.956. The molecule has 0 aromatic heterocycles. The molecule has 3 unspecified atom stereocenters. The molecule has 0 aliphatic rings. The van der Waals surface area contributed by atoms with E-state index in [1.807, 2.05) is 0 Å². The summed E-state index contributed by atoms with van der Waals surface area (Å²) >= 11 is 0. The highest BCUT2D eigenvalue weighted by Gasteiger charge is 2.31. The highest BCUT2D eigenvalue weighted by atomic mass is 31.2. The second-order valence-electron chi connectivity index (χ2n) is 33.4. The summed E-state index contributed by atoms with van der Waals surface area (Å²) in [4.78, 5) is 73.4. The zero-order chi connectivity index (χ0) is 80.6. The topological polar surface area (TPSA) is 237 Å². The lowest BCUT2D eigenvalue weighted by Gasteiger charge is -2.21. The number of hydrogen-bond acceptors (Lipinski definition) is 15. The lowest BCUT2D eigenvalue weighted by atomic mass is 9.99.